The Kier molecular flexibility index (Phi) is 5.31. The van der Waals surface area contributed by atoms with Crippen LogP contribution in [0, 0.1) is 6.92 Å². The lowest BCUT2D eigenvalue weighted by Crippen LogP contribution is -2.28. The van der Waals surface area contributed by atoms with Crippen molar-refractivity contribution >= 4 is 50.1 Å². The van der Waals surface area contributed by atoms with Gasteiger partial charge in [-0.2, -0.15) is 0 Å². The average molecular weight is 374 g/mol. The van der Waals surface area contributed by atoms with E-state index in [2.05, 4.69) is 15.6 Å². The van der Waals surface area contributed by atoms with E-state index >= 15 is 0 Å². The summed E-state index contributed by atoms with van der Waals surface area (Å²) in [6.45, 7) is 2.14. The second-order valence-corrected chi connectivity index (χ2v) is 6.97. The van der Waals surface area contributed by atoms with E-state index in [0.717, 1.165) is 15.8 Å². The van der Waals surface area contributed by atoms with Gasteiger partial charge in [-0.3, -0.25) is 9.59 Å². The molecule has 128 valence electrons. The highest BCUT2D eigenvalue weighted by atomic mass is 35.5. The highest BCUT2D eigenvalue weighted by Crippen LogP contribution is 2.28. The van der Waals surface area contributed by atoms with Gasteiger partial charge >= 0.3 is 0 Å². The van der Waals surface area contributed by atoms with Crippen LogP contribution in [-0.4, -0.2) is 23.3 Å². The number of thiazole rings is 1. The van der Waals surface area contributed by atoms with E-state index in [9.17, 15) is 9.59 Å². The number of hydrogen-bond donors (Lipinski definition) is 2. The standard InChI is InChI=1S/C18H16ClN3O2S/c1-11-4-2-3-5-13(11)17(24)20-9-8-16(23)22-18-21-14-7-6-12(19)10-15(14)25-18/h2-7,10H,8-9H2,1H3,(H,20,24)(H,21,22,23). The Morgan fingerprint density at radius 1 is 1.20 bits per heavy atom. The summed E-state index contributed by atoms with van der Waals surface area (Å²) in [6.07, 6.45) is 0.175. The van der Waals surface area contributed by atoms with Crippen molar-refractivity contribution in [3.63, 3.8) is 0 Å². The van der Waals surface area contributed by atoms with Crippen LogP contribution >= 0.6 is 22.9 Å². The molecule has 25 heavy (non-hydrogen) atoms. The quantitative estimate of drug-likeness (QED) is 0.709. The minimum atomic E-state index is -0.199. The van der Waals surface area contributed by atoms with Crippen molar-refractivity contribution in [2.45, 2.75) is 13.3 Å². The molecule has 0 saturated heterocycles. The molecule has 2 aromatic carbocycles. The van der Waals surface area contributed by atoms with E-state index in [-0.39, 0.29) is 24.8 Å². The van der Waals surface area contributed by atoms with Crippen LogP contribution in [0.25, 0.3) is 10.2 Å². The number of fused-ring (bicyclic) bond motifs is 1. The molecule has 1 aromatic heterocycles. The van der Waals surface area contributed by atoms with Gasteiger partial charge in [0.05, 0.1) is 10.2 Å². The zero-order chi connectivity index (χ0) is 17.8. The third kappa shape index (κ3) is 4.35. The highest BCUT2D eigenvalue weighted by Gasteiger charge is 2.10. The van der Waals surface area contributed by atoms with Crippen molar-refractivity contribution in [2.75, 3.05) is 11.9 Å². The Labute approximate surface area is 154 Å². The van der Waals surface area contributed by atoms with Crippen molar-refractivity contribution in [1.82, 2.24) is 10.3 Å². The molecule has 7 heteroatoms. The lowest BCUT2D eigenvalue weighted by molar-refractivity contribution is -0.116. The summed E-state index contributed by atoms with van der Waals surface area (Å²) in [6, 6.07) is 12.7. The number of amides is 2. The fourth-order valence-electron chi connectivity index (χ4n) is 2.35. The fourth-order valence-corrected chi connectivity index (χ4v) is 3.50. The van der Waals surface area contributed by atoms with Crippen LogP contribution in [0.2, 0.25) is 5.02 Å². The number of halogens is 1. The van der Waals surface area contributed by atoms with Gasteiger partial charge in [-0.15, -0.1) is 0 Å². The maximum absolute atomic E-state index is 12.1. The largest absolute Gasteiger partial charge is 0.352 e. The summed E-state index contributed by atoms with van der Waals surface area (Å²) >= 11 is 7.31. The summed E-state index contributed by atoms with van der Waals surface area (Å²) in [5.41, 5.74) is 2.31. The molecule has 0 fully saturated rings. The first-order valence-corrected chi connectivity index (χ1v) is 8.92. The smallest absolute Gasteiger partial charge is 0.251 e. The summed E-state index contributed by atoms with van der Waals surface area (Å²) in [7, 11) is 0. The number of benzene rings is 2. The van der Waals surface area contributed by atoms with Gasteiger partial charge in [0, 0.05) is 23.6 Å². The van der Waals surface area contributed by atoms with Gasteiger partial charge in [-0.25, -0.2) is 4.98 Å². The molecule has 2 amide bonds. The van der Waals surface area contributed by atoms with Crippen LogP contribution in [0.3, 0.4) is 0 Å². The minimum Gasteiger partial charge on any atom is -0.352 e. The molecule has 2 N–H and O–H groups in total. The number of anilines is 1. The summed E-state index contributed by atoms with van der Waals surface area (Å²) < 4.78 is 0.913. The number of hydrogen-bond acceptors (Lipinski definition) is 4. The molecule has 0 aliphatic heterocycles. The van der Waals surface area contributed by atoms with E-state index in [4.69, 9.17) is 11.6 Å². The number of nitrogens with one attached hydrogen (secondary N) is 2. The molecule has 0 aliphatic rings. The molecule has 0 aliphatic carbocycles. The number of carbonyl (C=O) groups excluding carboxylic acids is 2. The first-order chi connectivity index (χ1) is 12.0. The molecule has 0 bridgehead atoms. The third-order valence-electron chi connectivity index (χ3n) is 3.62. The molecule has 0 radical (unpaired) electrons. The topological polar surface area (TPSA) is 71.1 Å². The van der Waals surface area contributed by atoms with Gasteiger partial charge in [-0.05, 0) is 36.8 Å². The van der Waals surface area contributed by atoms with Crippen molar-refractivity contribution in [2.24, 2.45) is 0 Å². The van der Waals surface area contributed by atoms with Crippen LogP contribution in [0.15, 0.2) is 42.5 Å². The molecular weight excluding hydrogens is 358 g/mol. The second-order valence-electron chi connectivity index (χ2n) is 5.50. The molecule has 0 atom stereocenters. The monoisotopic (exact) mass is 373 g/mol. The Morgan fingerprint density at radius 2 is 2.00 bits per heavy atom. The number of aryl methyl sites for hydroxylation is 1. The van der Waals surface area contributed by atoms with Crippen LogP contribution in [0.5, 0.6) is 0 Å². The summed E-state index contributed by atoms with van der Waals surface area (Å²) in [5.74, 6) is -0.379. The zero-order valence-electron chi connectivity index (χ0n) is 13.5. The van der Waals surface area contributed by atoms with E-state index in [1.54, 1.807) is 12.1 Å². The lowest BCUT2D eigenvalue weighted by atomic mass is 10.1. The van der Waals surface area contributed by atoms with Gasteiger partial charge in [-0.1, -0.05) is 41.1 Å². The maximum Gasteiger partial charge on any atom is 0.251 e. The molecule has 0 unspecified atom stereocenters. The van der Waals surface area contributed by atoms with Gasteiger partial charge in [0.25, 0.3) is 5.91 Å². The summed E-state index contributed by atoms with van der Waals surface area (Å²) in [4.78, 5) is 28.4. The Bertz CT molecular complexity index is 939. The molecular formula is C18H16ClN3O2S. The molecule has 5 nitrogen and oxygen atoms in total. The van der Waals surface area contributed by atoms with Crippen molar-refractivity contribution < 1.29 is 9.59 Å². The Morgan fingerprint density at radius 3 is 2.80 bits per heavy atom. The average Bonchev–Trinajstić information content (AvgIpc) is 2.96. The van der Waals surface area contributed by atoms with E-state index < -0.39 is 0 Å². The van der Waals surface area contributed by atoms with E-state index in [1.807, 2.05) is 37.3 Å². The Balaban J connectivity index is 1.52. The molecule has 3 rings (SSSR count). The predicted octanol–water partition coefficient (Wildman–Crippen LogP) is 4.02. The van der Waals surface area contributed by atoms with Gasteiger partial charge in [0.2, 0.25) is 5.91 Å². The van der Waals surface area contributed by atoms with Crippen molar-refractivity contribution in [1.29, 1.82) is 0 Å². The molecule has 0 saturated carbocycles. The van der Waals surface area contributed by atoms with Crippen molar-refractivity contribution in [3.8, 4) is 0 Å². The number of nitrogens with zero attached hydrogens (tertiary/aromatic N) is 1. The fraction of sp³-hybridized carbons (Fsp3) is 0.167. The van der Waals surface area contributed by atoms with E-state index in [1.165, 1.54) is 11.3 Å². The SMILES string of the molecule is Cc1ccccc1C(=O)NCCC(=O)Nc1nc2ccc(Cl)cc2s1. The Hall–Kier alpha value is -2.44. The van der Waals surface area contributed by atoms with Gasteiger partial charge in [0.15, 0.2) is 5.13 Å². The van der Waals surface area contributed by atoms with Crippen molar-refractivity contribution in [3.05, 3.63) is 58.6 Å². The second kappa shape index (κ2) is 7.63. The first-order valence-electron chi connectivity index (χ1n) is 7.73. The highest BCUT2D eigenvalue weighted by molar-refractivity contribution is 7.22. The van der Waals surface area contributed by atoms with Gasteiger partial charge in [0.1, 0.15) is 0 Å². The third-order valence-corrected chi connectivity index (χ3v) is 4.79. The normalized spacial score (nSPS) is 10.6. The molecule has 1 heterocycles. The number of rotatable bonds is 5. The van der Waals surface area contributed by atoms with Crippen LogP contribution in [0.4, 0.5) is 5.13 Å². The lowest BCUT2D eigenvalue weighted by Gasteiger charge is -2.07. The number of aromatic nitrogens is 1. The zero-order valence-corrected chi connectivity index (χ0v) is 15.1. The van der Waals surface area contributed by atoms with Gasteiger partial charge < -0.3 is 10.6 Å². The van der Waals surface area contributed by atoms with E-state index in [0.29, 0.717) is 15.7 Å². The molecule has 0 spiro atoms. The minimum absolute atomic E-state index is 0.175. The first kappa shape index (κ1) is 17.4. The number of carbonyl (C=O) groups is 2. The van der Waals surface area contributed by atoms with Crippen LogP contribution in [0.1, 0.15) is 22.3 Å². The maximum atomic E-state index is 12.1. The molecule has 3 aromatic rings. The van der Waals surface area contributed by atoms with Crippen LogP contribution < -0.4 is 10.6 Å². The summed E-state index contributed by atoms with van der Waals surface area (Å²) in [5, 5.41) is 6.66. The predicted molar refractivity (Wildman–Crippen MR) is 101 cm³/mol. The van der Waals surface area contributed by atoms with Crippen LogP contribution in [-0.2, 0) is 4.79 Å².